The van der Waals surface area contributed by atoms with Crippen molar-refractivity contribution in [1.29, 1.82) is 0 Å². The van der Waals surface area contributed by atoms with Crippen LogP contribution in [0.25, 0.3) is 0 Å². The van der Waals surface area contributed by atoms with Gasteiger partial charge in [0.1, 0.15) is 11.8 Å². The first-order chi connectivity index (χ1) is 16.7. The van der Waals surface area contributed by atoms with Gasteiger partial charge in [-0.05, 0) is 50.3 Å². The highest BCUT2D eigenvalue weighted by Crippen LogP contribution is 2.45. The maximum atomic E-state index is 13.1. The molecule has 2 saturated heterocycles. The normalized spacial score (nSPS) is 26.3. The largest absolute Gasteiger partial charge is 0.416 e. The smallest absolute Gasteiger partial charge is 0.363 e. The first-order valence-corrected chi connectivity index (χ1v) is 12.3. The van der Waals surface area contributed by atoms with E-state index in [2.05, 4.69) is 10.1 Å². The lowest BCUT2D eigenvalue weighted by Gasteiger charge is -2.52. The minimum Gasteiger partial charge on any atom is -0.363 e. The van der Waals surface area contributed by atoms with E-state index in [9.17, 15) is 18.0 Å². The van der Waals surface area contributed by atoms with Crippen LogP contribution in [-0.4, -0.2) is 58.8 Å². The van der Waals surface area contributed by atoms with Crippen LogP contribution >= 0.6 is 0 Å². The standard InChI is InChI=1S/C25H33F3N4O3/c1-4-34-21-7-5-6-12-32(21)24(23-29-22(17(2)3)30-35-23)13-19(14-31(15-24)16-33)18-8-10-20(11-9-18)25(26,27)28/h8-11,16-17,19,21H,4-7,12-15H2,1-3H3. The number of hydrogen-bond acceptors (Lipinski definition) is 6. The molecule has 192 valence electrons. The lowest BCUT2D eigenvalue weighted by molar-refractivity contribution is -0.158. The molecule has 1 aromatic heterocycles. The number of rotatable bonds is 7. The van der Waals surface area contributed by atoms with Crippen molar-refractivity contribution in [3.05, 3.63) is 47.1 Å². The maximum absolute atomic E-state index is 13.1. The number of carbonyl (C=O) groups is 1. The molecule has 1 amide bonds. The number of hydrogen-bond donors (Lipinski definition) is 0. The summed E-state index contributed by atoms with van der Waals surface area (Å²) in [4.78, 5) is 20.8. The van der Waals surface area contributed by atoms with Crippen molar-refractivity contribution in [2.75, 3.05) is 26.2 Å². The number of alkyl halides is 3. The van der Waals surface area contributed by atoms with Crippen LogP contribution in [0.5, 0.6) is 0 Å². The number of ether oxygens (including phenoxy) is 1. The minimum absolute atomic E-state index is 0.0602. The molecular formula is C25H33F3N4O3. The third-order valence-corrected chi connectivity index (χ3v) is 7.07. The SMILES string of the molecule is CCOC1CCCCN1C1(c2nc(C(C)C)no2)CC(c2ccc(C(F)(F)F)cc2)CN(C=O)C1. The molecular weight excluding hydrogens is 461 g/mol. The maximum Gasteiger partial charge on any atom is 0.416 e. The Kier molecular flexibility index (Phi) is 7.51. The van der Waals surface area contributed by atoms with E-state index in [0.29, 0.717) is 37.8 Å². The predicted octanol–water partition coefficient (Wildman–Crippen LogP) is 4.90. The molecule has 7 nitrogen and oxygen atoms in total. The van der Waals surface area contributed by atoms with Crippen molar-refractivity contribution in [2.45, 2.75) is 76.2 Å². The van der Waals surface area contributed by atoms with Crippen LogP contribution in [0.2, 0.25) is 0 Å². The Labute approximate surface area is 203 Å². The van der Waals surface area contributed by atoms with Crippen LogP contribution in [0.3, 0.4) is 0 Å². The number of benzene rings is 1. The zero-order chi connectivity index (χ0) is 25.2. The summed E-state index contributed by atoms with van der Waals surface area (Å²) in [5.74, 6) is 0.856. The van der Waals surface area contributed by atoms with E-state index in [1.165, 1.54) is 12.1 Å². The van der Waals surface area contributed by atoms with Gasteiger partial charge in [0.15, 0.2) is 5.82 Å². The molecule has 3 unspecified atom stereocenters. The Morgan fingerprint density at radius 1 is 1.26 bits per heavy atom. The van der Waals surface area contributed by atoms with Gasteiger partial charge in [-0.25, -0.2) is 0 Å². The Hall–Kier alpha value is -2.46. The van der Waals surface area contributed by atoms with Crippen molar-refractivity contribution in [2.24, 2.45) is 0 Å². The molecule has 3 heterocycles. The van der Waals surface area contributed by atoms with E-state index in [4.69, 9.17) is 14.2 Å². The number of halogens is 3. The topological polar surface area (TPSA) is 71.7 Å². The van der Waals surface area contributed by atoms with Gasteiger partial charge in [0.25, 0.3) is 0 Å². The molecule has 10 heteroatoms. The number of aromatic nitrogens is 2. The first kappa shape index (κ1) is 25.6. The Bertz CT molecular complexity index is 993. The second-order valence-electron chi connectivity index (χ2n) is 9.80. The van der Waals surface area contributed by atoms with E-state index in [1.54, 1.807) is 4.90 Å². The van der Waals surface area contributed by atoms with Crippen molar-refractivity contribution in [3.63, 3.8) is 0 Å². The van der Waals surface area contributed by atoms with Gasteiger partial charge in [0, 0.05) is 38.1 Å². The van der Waals surface area contributed by atoms with E-state index in [-0.39, 0.29) is 18.1 Å². The lowest BCUT2D eigenvalue weighted by Crippen LogP contribution is -2.62. The van der Waals surface area contributed by atoms with Crippen LogP contribution < -0.4 is 0 Å². The molecule has 35 heavy (non-hydrogen) atoms. The predicted molar refractivity (Wildman–Crippen MR) is 122 cm³/mol. The fraction of sp³-hybridized carbons (Fsp3) is 0.640. The molecule has 0 N–H and O–H groups in total. The van der Waals surface area contributed by atoms with Crippen molar-refractivity contribution in [1.82, 2.24) is 19.9 Å². The van der Waals surface area contributed by atoms with Gasteiger partial charge in [0.05, 0.1) is 5.56 Å². The second kappa shape index (κ2) is 10.3. The van der Waals surface area contributed by atoms with Gasteiger partial charge in [-0.2, -0.15) is 18.2 Å². The van der Waals surface area contributed by atoms with Gasteiger partial charge < -0.3 is 14.2 Å². The van der Waals surface area contributed by atoms with E-state index >= 15 is 0 Å². The molecule has 0 bridgehead atoms. The molecule has 2 fully saturated rings. The second-order valence-corrected chi connectivity index (χ2v) is 9.80. The van der Waals surface area contributed by atoms with Gasteiger partial charge in [-0.1, -0.05) is 31.1 Å². The third-order valence-electron chi connectivity index (χ3n) is 7.07. The lowest BCUT2D eigenvalue weighted by atomic mass is 9.77. The summed E-state index contributed by atoms with van der Waals surface area (Å²) in [6.45, 7) is 7.93. The highest BCUT2D eigenvalue weighted by molar-refractivity contribution is 5.49. The summed E-state index contributed by atoms with van der Waals surface area (Å²) in [6, 6.07) is 5.22. The zero-order valence-electron chi connectivity index (χ0n) is 20.4. The van der Waals surface area contributed by atoms with E-state index in [1.807, 2.05) is 20.8 Å². The molecule has 2 aromatic rings. The van der Waals surface area contributed by atoms with Crippen LogP contribution in [0.15, 0.2) is 28.8 Å². The summed E-state index contributed by atoms with van der Waals surface area (Å²) < 4.78 is 51.4. The molecule has 0 radical (unpaired) electrons. The molecule has 1 aromatic carbocycles. The Morgan fingerprint density at radius 2 is 2.00 bits per heavy atom. The van der Waals surface area contributed by atoms with Crippen molar-refractivity contribution in [3.8, 4) is 0 Å². The van der Waals surface area contributed by atoms with Crippen LogP contribution in [-0.2, 0) is 21.2 Å². The highest BCUT2D eigenvalue weighted by Gasteiger charge is 2.52. The van der Waals surface area contributed by atoms with Gasteiger partial charge in [-0.3, -0.25) is 9.69 Å². The Morgan fingerprint density at radius 3 is 2.60 bits per heavy atom. The molecule has 2 aliphatic rings. The van der Waals surface area contributed by atoms with Gasteiger partial charge in [-0.15, -0.1) is 0 Å². The molecule has 3 atom stereocenters. The molecule has 0 spiro atoms. The quantitative estimate of drug-likeness (QED) is 0.510. The summed E-state index contributed by atoms with van der Waals surface area (Å²) in [5, 5.41) is 4.20. The molecule has 0 saturated carbocycles. The fourth-order valence-corrected chi connectivity index (χ4v) is 5.37. The summed E-state index contributed by atoms with van der Waals surface area (Å²) in [6.07, 6.45) is -0.439. The number of carbonyl (C=O) groups excluding carboxylic acids is 1. The van der Waals surface area contributed by atoms with Crippen LogP contribution in [0, 0.1) is 0 Å². The number of piperidine rings is 2. The summed E-state index contributed by atoms with van der Waals surface area (Å²) in [7, 11) is 0. The molecule has 2 aliphatic heterocycles. The van der Waals surface area contributed by atoms with Crippen molar-refractivity contribution >= 4 is 6.41 Å². The summed E-state index contributed by atoms with van der Waals surface area (Å²) >= 11 is 0. The van der Waals surface area contributed by atoms with Crippen LogP contribution in [0.1, 0.15) is 81.1 Å². The van der Waals surface area contributed by atoms with Gasteiger partial charge in [0.2, 0.25) is 12.3 Å². The first-order valence-electron chi connectivity index (χ1n) is 12.3. The number of likely N-dealkylation sites (tertiary alicyclic amines) is 2. The zero-order valence-corrected chi connectivity index (χ0v) is 20.4. The van der Waals surface area contributed by atoms with Crippen molar-refractivity contribution < 1.29 is 27.2 Å². The minimum atomic E-state index is -4.40. The highest BCUT2D eigenvalue weighted by atomic mass is 19.4. The summed E-state index contributed by atoms with van der Waals surface area (Å²) in [5.41, 5.74) is -0.767. The third kappa shape index (κ3) is 5.23. The average Bonchev–Trinajstić information content (AvgIpc) is 3.35. The average molecular weight is 495 g/mol. The van der Waals surface area contributed by atoms with E-state index in [0.717, 1.165) is 49.9 Å². The molecule has 4 rings (SSSR count). The molecule has 0 aliphatic carbocycles. The van der Waals surface area contributed by atoms with E-state index < -0.39 is 17.3 Å². The Balaban J connectivity index is 1.78. The van der Waals surface area contributed by atoms with Gasteiger partial charge >= 0.3 is 6.18 Å². The van der Waals surface area contributed by atoms with Crippen LogP contribution in [0.4, 0.5) is 13.2 Å². The number of nitrogens with zero attached hydrogens (tertiary/aromatic N) is 4. The monoisotopic (exact) mass is 494 g/mol. The fourth-order valence-electron chi connectivity index (χ4n) is 5.37. The number of amides is 1.